The Kier molecular flexibility index (Phi) is 6.09. The monoisotopic (exact) mass is 378 g/mol. The second-order valence-electron chi connectivity index (χ2n) is 7.09. The van der Waals surface area contributed by atoms with Crippen LogP contribution in [0.15, 0.2) is 54.6 Å². The molecule has 0 saturated heterocycles. The molecule has 3 aromatic rings. The van der Waals surface area contributed by atoms with Gasteiger partial charge in [0.25, 0.3) is 0 Å². The molecule has 6 heteroatoms. The van der Waals surface area contributed by atoms with Gasteiger partial charge in [0.1, 0.15) is 12.4 Å². The molecular weight excluding hydrogens is 352 g/mol. The van der Waals surface area contributed by atoms with Gasteiger partial charge in [-0.15, -0.1) is 0 Å². The van der Waals surface area contributed by atoms with Gasteiger partial charge in [0.05, 0.1) is 11.0 Å². The normalized spacial score (nSPS) is 11.0. The van der Waals surface area contributed by atoms with E-state index in [4.69, 9.17) is 0 Å². The number of amides is 2. The van der Waals surface area contributed by atoms with Gasteiger partial charge in [-0.1, -0.05) is 44.2 Å². The Hall–Kier alpha value is -3.15. The van der Waals surface area contributed by atoms with E-state index in [1.165, 1.54) is 0 Å². The Morgan fingerprint density at radius 2 is 1.75 bits per heavy atom. The van der Waals surface area contributed by atoms with Gasteiger partial charge in [0.15, 0.2) is 0 Å². The summed E-state index contributed by atoms with van der Waals surface area (Å²) in [6, 6.07) is 17.3. The molecule has 2 aromatic carbocycles. The van der Waals surface area contributed by atoms with E-state index in [1.54, 1.807) is 11.9 Å². The molecule has 0 aliphatic rings. The first-order valence-electron chi connectivity index (χ1n) is 9.51. The van der Waals surface area contributed by atoms with Gasteiger partial charge < -0.3 is 14.8 Å². The zero-order chi connectivity index (χ0) is 20.1. The van der Waals surface area contributed by atoms with Gasteiger partial charge >= 0.3 is 0 Å². The molecule has 6 nitrogen and oxygen atoms in total. The van der Waals surface area contributed by atoms with Crippen LogP contribution >= 0.6 is 0 Å². The third kappa shape index (κ3) is 4.39. The van der Waals surface area contributed by atoms with Crippen LogP contribution in [0.1, 0.15) is 19.7 Å². The standard InChI is InChI=1S/C22H26N4O2/c1-16(2)22(28)23-14-13-20-24-18-11-7-8-12-19(18)26(20)15-21(27)25(3)17-9-5-4-6-10-17/h4-12,16H,13-15H2,1-3H3,(H,23,28). The van der Waals surface area contributed by atoms with Crippen LogP contribution in [-0.4, -0.2) is 35.0 Å². The SMILES string of the molecule is CC(C)C(=O)NCCc1nc2ccccc2n1CC(=O)N(C)c1ccccc1. The number of rotatable bonds is 7. The predicted molar refractivity (Wildman–Crippen MR) is 111 cm³/mol. The number of nitrogens with zero attached hydrogens (tertiary/aromatic N) is 3. The lowest BCUT2D eigenvalue weighted by Crippen LogP contribution is -2.32. The Balaban J connectivity index is 1.80. The largest absolute Gasteiger partial charge is 0.355 e. The molecule has 1 aromatic heterocycles. The van der Waals surface area contributed by atoms with E-state index in [2.05, 4.69) is 10.3 Å². The Labute approximate surface area is 165 Å². The number of nitrogens with one attached hydrogen (secondary N) is 1. The smallest absolute Gasteiger partial charge is 0.246 e. The van der Waals surface area contributed by atoms with E-state index in [1.807, 2.05) is 73.0 Å². The minimum absolute atomic E-state index is 0.0162. The third-order valence-corrected chi connectivity index (χ3v) is 4.72. The first kappa shape index (κ1) is 19.6. The molecule has 0 atom stereocenters. The Morgan fingerprint density at radius 3 is 2.46 bits per heavy atom. The second kappa shape index (κ2) is 8.69. The molecule has 28 heavy (non-hydrogen) atoms. The average molecular weight is 378 g/mol. The maximum atomic E-state index is 12.9. The zero-order valence-corrected chi connectivity index (χ0v) is 16.6. The van der Waals surface area contributed by atoms with Gasteiger partial charge in [-0.25, -0.2) is 4.98 Å². The summed E-state index contributed by atoms with van der Waals surface area (Å²) in [5.74, 6) is 0.726. The summed E-state index contributed by atoms with van der Waals surface area (Å²) in [5, 5.41) is 2.92. The summed E-state index contributed by atoms with van der Waals surface area (Å²) in [7, 11) is 1.78. The van der Waals surface area contributed by atoms with E-state index in [-0.39, 0.29) is 24.3 Å². The highest BCUT2D eigenvalue weighted by molar-refractivity contribution is 5.93. The summed E-state index contributed by atoms with van der Waals surface area (Å²) in [6.07, 6.45) is 0.565. The quantitative estimate of drug-likeness (QED) is 0.687. The number of benzene rings is 2. The van der Waals surface area contributed by atoms with Crippen LogP contribution in [0.2, 0.25) is 0 Å². The Morgan fingerprint density at radius 1 is 1.07 bits per heavy atom. The maximum absolute atomic E-state index is 12.9. The van der Waals surface area contributed by atoms with Crippen LogP contribution in [0, 0.1) is 5.92 Å². The van der Waals surface area contributed by atoms with E-state index in [0.717, 1.165) is 22.5 Å². The molecular formula is C22H26N4O2. The van der Waals surface area contributed by atoms with Crippen molar-refractivity contribution in [3.8, 4) is 0 Å². The maximum Gasteiger partial charge on any atom is 0.246 e. The fourth-order valence-corrected chi connectivity index (χ4v) is 3.03. The predicted octanol–water partition coefficient (Wildman–Crippen LogP) is 3.01. The molecule has 0 radical (unpaired) electrons. The summed E-state index contributed by atoms with van der Waals surface area (Å²) < 4.78 is 1.94. The average Bonchev–Trinajstić information content (AvgIpc) is 3.05. The number of fused-ring (bicyclic) bond motifs is 1. The van der Waals surface area contributed by atoms with E-state index in [9.17, 15) is 9.59 Å². The van der Waals surface area contributed by atoms with Crippen LogP contribution in [0.5, 0.6) is 0 Å². The van der Waals surface area contributed by atoms with E-state index < -0.39 is 0 Å². The van der Waals surface area contributed by atoms with E-state index in [0.29, 0.717) is 13.0 Å². The molecule has 2 amide bonds. The first-order chi connectivity index (χ1) is 13.5. The van der Waals surface area contributed by atoms with Crippen LogP contribution in [0.4, 0.5) is 5.69 Å². The summed E-state index contributed by atoms with van der Waals surface area (Å²) >= 11 is 0. The topological polar surface area (TPSA) is 67.2 Å². The first-order valence-corrected chi connectivity index (χ1v) is 9.51. The van der Waals surface area contributed by atoms with Crippen molar-refractivity contribution in [2.75, 3.05) is 18.5 Å². The lowest BCUT2D eigenvalue weighted by atomic mass is 10.2. The van der Waals surface area contributed by atoms with Crippen molar-refractivity contribution in [3.63, 3.8) is 0 Å². The molecule has 0 bridgehead atoms. The summed E-state index contributed by atoms with van der Waals surface area (Å²) in [5.41, 5.74) is 2.62. The van der Waals surface area contributed by atoms with Crippen LogP contribution in [0.3, 0.4) is 0 Å². The minimum atomic E-state index is -0.0556. The van der Waals surface area contributed by atoms with Crippen molar-refractivity contribution >= 4 is 28.5 Å². The molecule has 0 spiro atoms. The van der Waals surface area contributed by atoms with Crippen molar-refractivity contribution in [1.82, 2.24) is 14.9 Å². The molecule has 0 unspecified atom stereocenters. The van der Waals surface area contributed by atoms with Gasteiger partial charge in [-0.05, 0) is 24.3 Å². The number of imidazole rings is 1. The lowest BCUT2D eigenvalue weighted by Gasteiger charge is -2.19. The number of hydrogen-bond acceptors (Lipinski definition) is 3. The molecule has 0 saturated carbocycles. The molecule has 3 rings (SSSR count). The number of likely N-dealkylation sites (N-methyl/N-ethyl adjacent to an activating group) is 1. The fraction of sp³-hybridized carbons (Fsp3) is 0.318. The number of anilines is 1. The van der Waals surface area contributed by atoms with Crippen molar-refractivity contribution in [2.24, 2.45) is 5.92 Å². The van der Waals surface area contributed by atoms with Gasteiger partial charge in [0, 0.05) is 31.6 Å². The zero-order valence-electron chi connectivity index (χ0n) is 16.6. The summed E-state index contributed by atoms with van der Waals surface area (Å²) in [6.45, 7) is 4.41. The minimum Gasteiger partial charge on any atom is -0.355 e. The molecule has 0 aliphatic heterocycles. The number of aromatic nitrogens is 2. The molecule has 1 N–H and O–H groups in total. The highest BCUT2D eigenvalue weighted by Gasteiger charge is 2.17. The van der Waals surface area contributed by atoms with Crippen molar-refractivity contribution in [2.45, 2.75) is 26.8 Å². The lowest BCUT2D eigenvalue weighted by molar-refractivity contribution is -0.124. The molecule has 1 heterocycles. The molecule has 0 fully saturated rings. The van der Waals surface area contributed by atoms with E-state index >= 15 is 0 Å². The number of carbonyl (C=O) groups is 2. The number of carbonyl (C=O) groups excluding carboxylic acids is 2. The molecule has 0 aliphatic carbocycles. The van der Waals surface area contributed by atoms with Crippen molar-refractivity contribution < 1.29 is 9.59 Å². The second-order valence-corrected chi connectivity index (χ2v) is 7.09. The number of para-hydroxylation sites is 3. The Bertz CT molecular complexity index is 963. The highest BCUT2D eigenvalue weighted by atomic mass is 16.2. The fourth-order valence-electron chi connectivity index (χ4n) is 3.03. The highest BCUT2D eigenvalue weighted by Crippen LogP contribution is 2.18. The van der Waals surface area contributed by atoms with Gasteiger partial charge in [-0.3, -0.25) is 9.59 Å². The van der Waals surface area contributed by atoms with Crippen LogP contribution in [0.25, 0.3) is 11.0 Å². The number of hydrogen-bond donors (Lipinski definition) is 1. The van der Waals surface area contributed by atoms with Gasteiger partial charge in [0.2, 0.25) is 11.8 Å². The van der Waals surface area contributed by atoms with Gasteiger partial charge in [-0.2, -0.15) is 0 Å². The van der Waals surface area contributed by atoms with Crippen molar-refractivity contribution in [3.05, 3.63) is 60.4 Å². The summed E-state index contributed by atoms with van der Waals surface area (Å²) in [4.78, 5) is 31.0. The van der Waals surface area contributed by atoms with Crippen LogP contribution in [-0.2, 0) is 22.6 Å². The molecule has 146 valence electrons. The van der Waals surface area contributed by atoms with Crippen LogP contribution < -0.4 is 10.2 Å². The van der Waals surface area contributed by atoms with Crippen molar-refractivity contribution in [1.29, 1.82) is 0 Å². The third-order valence-electron chi connectivity index (χ3n) is 4.72.